The van der Waals surface area contributed by atoms with Crippen LogP contribution in [0.15, 0.2) is 66.7 Å². The first-order valence-corrected chi connectivity index (χ1v) is 10.3. The molecule has 0 saturated carbocycles. The van der Waals surface area contributed by atoms with Crippen LogP contribution in [0.25, 0.3) is 0 Å². The Morgan fingerprint density at radius 1 is 0.935 bits per heavy atom. The van der Waals surface area contributed by atoms with Gasteiger partial charge in [0.05, 0.1) is 13.5 Å². The standard InChI is InChI=1S/C18H25NO6.C6H6/c1-3-4-8-11-19(18(23)24-2)15(12-16(20)21)17(22)25-13-14-9-6-5-7-10-14;1-2-4-6-5-3-1/h5-7,9-10,15H,3-4,8,11-13H2,1-2H3,(H,20,21);1-6H. The third kappa shape index (κ3) is 10.8. The minimum atomic E-state index is -1.22. The lowest BCUT2D eigenvalue weighted by atomic mass is 10.1. The molecule has 2 rings (SSSR count). The third-order valence-corrected chi connectivity index (χ3v) is 4.32. The second-order valence-corrected chi connectivity index (χ2v) is 6.73. The van der Waals surface area contributed by atoms with E-state index in [-0.39, 0.29) is 13.2 Å². The first-order valence-electron chi connectivity index (χ1n) is 10.3. The molecule has 1 atom stereocenters. The number of carboxylic acids is 1. The molecule has 0 radical (unpaired) electrons. The van der Waals surface area contributed by atoms with Crippen LogP contribution in [-0.2, 0) is 25.7 Å². The predicted octanol–water partition coefficient (Wildman–Crippen LogP) is 4.52. The predicted molar refractivity (Wildman–Crippen MR) is 117 cm³/mol. The van der Waals surface area contributed by atoms with Gasteiger partial charge in [-0.05, 0) is 12.0 Å². The largest absolute Gasteiger partial charge is 0.481 e. The van der Waals surface area contributed by atoms with Gasteiger partial charge in [0.15, 0.2) is 0 Å². The molecule has 0 aliphatic rings. The Balaban J connectivity index is 0.000000683. The maximum Gasteiger partial charge on any atom is 0.410 e. The van der Waals surface area contributed by atoms with Crippen LogP contribution in [0, 0.1) is 0 Å². The zero-order chi connectivity index (χ0) is 22.9. The van der Waals surface area contributed by atoms with Crippen LogP contribution in [0.4, 0.5) is 4.79 Å². The zero-order valence-electron chi connectivity index (χ0n) is 18.1. The van der Waals surface area contributed by atoms with Gasteiger partial charge in [-0.3, -0.25) is 9.69 Å². The summed E-state index contributed by atoms with van der Waals surface area (Å²) < 4.78 is 9.93. The minimum Gasteiger partial charge on any atom is -0.481 e. The number of carbonyl (C=O) groups is 3. The number of carbonyl (C=O) groups excluding carboxylic acids is 2. The number of amides is 1. The quantitative estimate of drug-likeness (QED) is 0.441. The summed E-state index contributed by atoms with van der Waals surface area (Å²) in [6.07, 6.45) is 1.16. The Morgan fingerprint density at radius 2 is 1.48 bits per heavy atom. The molecule has 0 aliphatic carbocycles. The van der Waals surface area contributed by atoms with Gasteiger partial charge in [-0.15, -0.1) is 0 Å². The van der Waals surface area contributed by atoms with E-state index in [1.54, 1.807) is 12.1 Å². The van der Waals surface area contributed by atoms with Gasteiger partial charge in [0.25, 0.3) is 0 Å². The second kappa shape index (κ2) is 15.5. The van der Waals surface area contributed by atoms with E-state index in [0.29, 0.717) is 6.42 Å². The number of unbranched alkanes of at least 4 members (excludes halogenated alkanes) is 2. The van der Waals surface area contributed by atoms with Crippen LogP contribution in [0.3, 0.4) is 0 Å². The molecule has 0 heterocycles. The smallest absolute Gasteiger partial charge is 0.410 e. The van der Waals surface area contributed by atoms with E-state index in [2.05, 4.69) is 0 Å². The van der Waals surface area contributed by atoms with Crippen molar-refractivity contribution >= 4 is 18.0 Å². The SMILES string of the molecule is CCCCCN(C(=O)OC)C(CC(=O)O)C(=O)OCc1ccccc1.c1ccccc1. The molecule has 0 fully saturated rings. The molecule has 1 unspecified atom stereocenters. The Labute approximate surface area is 183 Å². The van der Waals surface area contributed by atoms with Crippen molar-refractivity contribution in [2.45, 2.75) is 45.3 Å². The van der Waals surface area contributed by atoms with Crippen molar-refractivity contribution in [2.24, 2.45) is 0 Å². The summed E-state index contributed by atoms with van der Waals surface area (Å²) in [7, 11) is 1.20. The fourth-order valence-corrected chi connectivity index (χ4v) is 2.72. The van der Waals surface area contributed by atoms with Gasteiger partial charge in [-0.2, -0.15) is 0 Å². The number of aliphatic carboxylic acids is 1. The van der Waals surface area contributed by atoms with E-state index in [0.717, 1.165) is 23.3 Å². The summed E-state index contributed by atoms with van der Waals surface area (Å²) in [5.41, 5.74) is 0.778. The molecule has 0 bridgehead atoms. The van der Waals surface area contributed by atoms with Gasteiger partial charge >= 0.3 is 18.0 Å². The molecule has 1 amide bonds. The van der Waals surface area contributed by atoms with Crippen molar-refractivity contribution in [3.8, 4) is 0 Å². The molecule has 1 N–H and O–H groups in total. The number of hydrogen-bond donors (Lipinski definition) is 1. The Kier molecular flexibility index (Phi) is 12.8. The Hall–Kier alpha value is -3.35. The molecule has 0 aliphatic heterocycles. The summed E-state index contributed by atoms with van der Waals surface area (Å²) in [6.45, 7) is 2.25. The average Bonchev–Trinajstić information content (AvgIpc) is 2.80. The first-order chi connectivity index (χ1) is 15.0. The number of methoxy groups -OCH3 is 1. The van der Waals surface area contributed by atoms with Gasteiger partial charge in [0.1, 0.15) is 12.6 Å². The summed E-state index contributed by atoms with van der Waals surface area (Å²) in [4.78, 5) is 36.7. The van der Waals surface area contributed by atoms with Crippen molar-refractivity contribution in [1.29, 1.82) is 0 Å². The van der Waals surface area contributed by atoms with Crippen LogP contribution >= 0.6 is 0 Å². The van der Waals surface area contributed by atoms with E-state index in [9.17, 15) is 14.4 Å². The van der Waals surface area contributed by atoms with Crippen LogP contribution < -0.4 is 0 Å². The molecule has 0 saturated heterocycles. The van der Waals surface area contributed by atoms with Crippen molar-refractivity contribution in [3.63, 3.8) is 0 Å². The highest BCUT2D eigenvalue weighted by Gasteiger charge is 2.33. The number of benzene rings is 2. The summed E-state index contributed by atoms with van der Waals surface area (Å²) in [5.74, 6) is -1.95. The summed E-state index contributed by atoms with van der Waals surface area (Å²) in [6, 6.07) is 19.8. The lowest BCUT2D eigenvalue weighted by molar-refractivity contribution is -0.155. The van der Waals surface area contributed by atoms with E-state index in [1.165, 1.54) is 7.11 Å². The van der Waals surface area contributed by atoms with Gasteiger partial charge in [-0.1, -0.05) is 86.5 Å². The van der Waals surface area contributed by atoms with Gasteiger partial charge < -0.3 is 14.6 Å². The van der Waals surface area contributed by atoms with E-state index >= 15 is 0 Å². The number of nitrogens with zero attached hydrogens (tertiary/aromatic N) is 1. The first kappa shape index (κ1) is 25.7. The maximum atomic E-state index is 12.4. The summed E-state index contributed by atoms with van der Waals surface area (Å²) in [5, 5.41) is 9.11. The lowest BCUT2D eigenvalue weighted by Gasteiger charge is -2.28. The summed E-state index contributed by atoms with van der Waals surface area (Å²) >= 11 is 0. The van der Waals surface area contributed by atoms with Crippen LogP contribution in [0.2, 0.25) is 0 Å². The van der Waals surface area contributed by atoms with E-state index < -0.39 is 30.5 Å². The minimum absolute atomic E-state index is 0.0137. The highest BCUT2D eigenvalue weighted by Crippen LogP contribution is 2.13. The fourth-order valence-electron chi connectivity index (χ4n) is 2.72. The second-order valence-electron chi connectivity index (χ2n) is 6.73. The number of hydrogen-bond acceptors (Lipinski definition) is 5. The Morgan fingerprint density at radius 3 is 1.97 bits per heavy atom. The van der Waals surface area contributed by atoms with Gasteiger partial charge in [0, 0.05) is 6.54 Å². The monoisotopic (exact) mass is 429 g/mol. The van der Waals surface area contributed by atoms with Gasteiger partial charge in [-0.25, -0.2) is 9.59 Å². The molecule has 168 valence electrons. The lowest BCUT2D eigenvalue weighted by Crippen LogP contribution is -2.47. The number of esters is 1. The van der Waals surface area contributed by atoms with Crippen molar-refractivity contribution in [3.05, 3.63) is 72.3 Å². The molecule has 31 heavy (non-hydrogen) atoms. The van der Waals surface area contributed by atoms with Crippen LogP contribution in [0.5, 0.6) is 0 Å². The van der Waals surface area contributed by atoms with E-state index in [1.807, 2.05) is 61.5 Å². The Bertz CT molecular complexity index is 739. The molecule has 7 nitrogen and oxygen atoms in total. The molecule has 7 heteroatoms. The third-order valence-electron chi connectivity index (χ3n) is 4.32. The van der Waals surface area contributed by atoms with E-state index in [4.69, 9.17) is 14.6 Å². The molecular formula is C24H31NO6. The van der Waals surface area contributed by atoms with Crippen LogP contribution in [0.1, 0.15) is 38.2 Å². The molecule has 2 aromatic rings. The number of rotatable bonds is 10. The highest BCUT2D eigenvalue weighted by atomic mass is 16.6. The highest BCUT2D eigenvalue weighted by molar-refractivity contribution is 5.85. The molecule has 0 aromatic heterocycles. The van der Waals surface area contributed by atoms with Crippen molar-refractivity contribution in [2.75, 3.05) is 13.7 Å². The average molecular weight is 430 g/mol. The van der Waals surface area contributed by atoms with Crippen LogP contribution in [-0.4, -0.2) is 47.7 Å². The number of ether oxygens (including phenoxy) is 2. The van der Waals surface area contributed by atoms with Crippen molar-refractivity contribution < 1.29 is 29.0 Å². The fraction of sp³-hybridized carbons (Fsp3) is 0.375. The van der Waals surface area contributed by atoms with Gasteiger partial charge in [0.2, 0.25) is 0 Å². The number of carboxylic acid groups (broad SMARTS) is 1. The maximum absolute atomic E-state index is 12.4. The van der Waals surface area contributed by atoms with Crippen molar-refractivity contribution in [1.82, 2.24) is 4.90 Å². The molecule has 0 spiro atoms. The molecular weight excluding hydrogens is 398 g/mol. The topological polar surface area (TPSA) is 93.1 Å². The molecule has 2 aromatic carbocycles. The zero-order valence-corrected chi connectivity index (χ0v) is 18.1. The normalized spacial score (nSPS) is 10.8.